The van der Waals surface area contributed by atoms with Gasteiger partial charge in [-0.2, -0.15) is 0 Å². The fraction of sp³-hybridized carbons (Fsp3) is 0.636. The Balaban J connectivity index is 1.66. The molecule has 3 N–H and O–H groups in total. The van der Waals surface area contributed by atoms with E-state index in [-0.39, 0.29) is 12.3 Å². The summed E-state index contributed by atoms with van der Waals surface area (Å²) >= 11 is 0. The second-order valence-corrected chi connectivity index (χ2v) is 6.37. The van der Waals surface area contributed by atoms with Gasteiger partial charge in [0.15, 0.2) is 5.96 Å². The van der Waals surface area contributed by atoms with Crippen LogP contribution in [0.25, 0.3) is 0 Å². The highest BCUT2D eigenvalue weighted by molar-refractivity contribution is 7.88. The van der Waals surface area contributed by atoms with Crippen LogP contribution in [0.3, 0.4) is 0 Å². The molecule has 0 atom stereocenters. The zero-order chi connectivity index (χ0) is 14.4. The van der Waals surface area contributed by atoms with Crippen LogP contribution >= 0.6 is 0 Å². The zero-order valence-electron chi connectivity index (χ0n) is 11.3. The molecule has 1 saturated carbocycles. The summed E-state index contributed by atoms with van der Waals surface area (Å²) in [5.41, 5.74) is 0.386. The standard InChI is InChI=1S/C11H19N5O3S/c1-12-11(15-9-2-3-9)13-5-6-14-20(17,18)8-10-4-7-19-16-10/h4,7,9,14H,2-3,5-6,8H2,1H3,(H2,12,13,15). The molecule has 1 fully saturated rings. The molecule has 0 unspecified atom stereocenters. The topological polar surface area (TPSA) is 109 Å². The van der Waals surface area contributed by atoms with Gasteiger partial charge in [0.25, 0.3) is 0 Å². The molecule has 0 bridgehead atoms. The van der Waals surface area contributed by atoms with Crippen molar-refractivity contribution in [1.82, 2.24) is 20.5 Å². The summed E-state index contributed by atoms with van der Waals surface area (Å²) in [6.07, 6.45) is 3.66. The first-order chi connectivity index (χ1) is 9.59. The molecule has 1 heterocycles. The van der Waals surface area contributed by atoms with Gasteiger partial charge in [-0.05, 0) is 12.8 Å². The Labute approximate surface area is 118 Å². The molecule has 1 aromatic heterocycles. The average molecular weight is 301 g/mol. The molecule has 9 heteroatoms. The van der Waals surface area contributed by atoms with Crippen molar-refractivity contribution in [3.05, 3.63) is 18.0 Å². The van der Waals surface area contributed by atoms with E-state index in [2.05, 4.69) is 30.0 Å². The number of nitrogens with one attached hydrogen (secondary N) is 3. The van der Waals surface area contributed by atoms with Crippen LogP contribution in [0.5, 0.6) is 0 Å². The smallest absolute Gasteiger partial charge is 0.217 e. The minimum Gasteiger partial charge on any atom is -0.364 e. The van der Waals surface area contributed by atoms with Crippen molar-refractivity contribution >= 4 is 16.0 Å². The molecular formula is C11H19N5O3S. The second kappa shape index (κ2) is 6.71. The van der Waals surface area contributed by atoms with Gasteiger partial charge in [0.2, 0.25) is 10.0 Å². The Morgan fingerprint density at radius 3 is 2.90 bits per heavy atom. The van der Waals surface area contributed by atoms with Crippen molar-refractivity contribution in [2.45, 2.75) is 24.6 Å². The molecule has 20 heavy (non-hydrogen) atoms. The number of hydrogen-bond acceptors (Lipinski definition) is 5. The SMILES string of the molecule is CN=C(NCCNS(=O)(=O)Cc1ccon1)NC1CC1. The summed E-state index contributed by atoms with van der Waals surface area (Å²) in [6, 6.07) is 2.03. The lowest BCUT2D eigenvalue weighted by Gasteiger charge is -2.11. The summed E-state index contributed by atoms with van der Waals surface area (Å²) in [5, 5.41) is 9.84. The molecule has 1 aliphatic rings. The maximum Gasteiger partial charge on any atom is 0.217 e. The number of hydrogen-bond donors (Lipinski definition) is 3. The maximum atomic E-state index is 11.7. The predicted octanol–water partition coefficient (Wildman–Crippen LogP) is -0.579. The first-order valence-electron chi connectivity index (χ1n) is 6.43. The molecule has 0 aliphatic heterocycles. The number of aliphatic imine (C=N–C) groups is 1. The van der Waals surface area contributed by atoms with Gasteiger partial charge in [0, 0.05) is 32.2 Å². The fourth-order valence-corrected chi connectivity index (χ4v) is 2.61. The quantitative estimate of drug-likeness (QED) is 0.353. The molecule has 0 saturated heterocycles. The Hall–Kier alpha value is -1.61. The van der Waals surface area contributed by atoms with Crippen molar-refractivity contribution < 1.29 is 12.9 Å². The highest BCUT2D eigenvalue weighted by Gasteiger charge is 2.22. The number of sulfonamides is 1. The Morgan fingerprint density at radius 1 is 1.50 bits per heavy atom. The van der Waals surface area contributed by atoms with Gasteiger partial charge in [-0.15, -0.1) is 0 Å². The van der Waals surface area contributed by atoms with E-state index in [1.165, 1.54) is 12.3 Å². The lowest BCUT2D eigenvalue weighted by atomic mass is 10.5. The van der Waals surface area contributed by atoms with E-state index in [1.807, 2.05) is 0 Å². The van der Waals surface area contributed by atoms with E-state index < -0.39 is 10.0 Å². The van der Waals surface area contributed by atoms with Gasteiger partial charge >= 0.3 is 0 Å². The van der Waals surface area contributed by atoms with Crippen molar-refractivity contribution in [2.75, 3.05) is 20.1 Å². The largest absolute Gasteiger partial charge is 0.364 e. The van der Waals surface area contributed by atoms with E-state index in [0.29, 0.717) is 24.2 Å². The first kappa shape index (κ1) is 14.8. The Bertz CT molecular complexity index is 536. The van der Waals surface area contributed by atoms with Crippen molar-refractivity contribution in [3.8, 4) is 0 Å². The van der Waals surface area contributed by atoms with Crippen LogP contribution in [0.1, 0.15) is 18.5 Å². The minimum atomic E-state index is -3.39. The van der Waals surface area contributed by atoms with Gasteiger partial charge in [-0.1, -0.05) is 5.16 Å². The molecule has 0 aromatic carbocycles. The third-order valence-electron chi connectivity index (χ3n) is 2.71. The maximum absolute atomic E-state index is 11.7. The number of nitrogens with zero attached hydrogens (tertiary/aromatic N) is 2. The Morgan fingerprint density at radius 2 is 2.30 bits per heavy atom. The summed E-state index contributed by atoms with van der Waals surface area (Å²) in [7, 11) is -1.71. The van der Waals surface area contributed by atoms with Gasteiger partial charge in [0.05, 0.1) is 5.69 Å². The number of guanidine groups is 1. The molecule has 112 valence electrons. The molecule has 0 amide bonds. The van der Waals surface area contributed by atoms with Crippen LogP contribution in [-0.2, 0) is 15.8 Å². The van der Waals surface area contributed by atoms with Crippen LogP contribution in [0.4, 0.5) is 0 Å². The highest BCUT2D eigenvalue weighted by Crippen LogP contribution is 2.18. The third kappa shape index (κ3) is 5.17. The van der Waals surface area contributed by atoms with Crippen molar-refractivity contribution in [2.24, 2.45) is 4.99 Å². The van der Waals surface area contributed by atoms with E-state index in [1.54, 1.807) is 7.05 Å². The average Bonchev–Trinajstić information content (AvgIpc) is 3.08. The minimum absolute atomic E-state index is 0.182. The van der Waals surface area contributed by atoms with Crippen molar-refractivity contribution in [3.63, 3.8) is 0 Å². The molecule has 0 spiro atoms. The molecule has 1 aromatic rings. The lowest BCUT2D eigenvalue weighted by molar-refractivity contribution is 0.413. The summed E-state index contributed by atoms with van der Waals surface area (Å²) in [5.74, 6) is 0.515. The molecule has 1 aliphatic carbocycles. The van der Waals surface area contributed by atoms with Crippen LogP contribution < -0.4 is 15.4 Å². The van der Waals surface area contributed by atoms with Gasteiger partial charge in [-0.25, -0.2) is 13.1 Å². The summed E-state index contributed by atoms with van der Waals surface area (Å²) in [6.45, 7) is 0.746. The van der Waals surface area contributed by atoms with Crippen LogP contribution in [0, 0.1) is 0 Å². The third-order valence-corrected chi connectivity index (χ3v) is 4.03. The number of rotatable bonds is 7. The monoisotopic (exact) mass is 301 g/mol. The van der Waals surface area contributed by atoms with Gasteiger partial charge in [0.1, 0.15) is 12.0 Å². The fourth-order valence-electron chi connectivity index (χ4n) is 1.56. The molecule has 2 rings (SSSR count). The zero-order valence-corrected chi connectivity index (χ0v) is 12.1. The van der Waals surface area contributed by atoms with Gasteiger partial charge < -0.3 is 15.2 Å². The highest BCUT2D eigenvalue weighted by atomic mass is 32.2. The summed E-state index contributed by atoms with van der Waals surface area (Å²) in [4.78, 5) is 4.06. The molecule has 0 radical (unpaired) electrons. The van der Waals surface area contributed by atoms with Gasteiger partial charge in [-0.3, -0.25) is 4.99 Å². The van der Waals surface area contributed by atoms with Crippen molar-refractivity contribution in [1.29, 1.82) is 0 Å². The van der Waals surface area contributed by atoms with E-state index in [0.717, 1.165) is 12.8 Å². The van der Waals surface area contributed by atoms with E-state index >= 15 is 0 Å². The van der Waals surface area contributed by atoms with E-state index in [9.17, 15) is 8.42 Å². The van der Waals surface area contributed by atoms with Crippen LogP contribution in [0.2, 0.25) is 0 Å². The predicted molar refractivity (Wildman–Crippen MR) is 74.6 cm³/mol. The Kier molecular flexibility index (Phi) is 4.96. The van der Waals surface area contributed by atoms with E-state index in [4.69, 9.17) is 0 Å². The summed E-state index contributed by atoms with van der Waals surface area (Å²) < 4.78 is 30.6. The molecular weight excluding hydrogens is 282 g/mol. The lowest BCUT2D eigenvalue weighted by Crippen LogP contribution is -2.42. The van der Waals surface area contributed by atoms with Crippen LogP contribution in [0.15, 0.2) is 21.8 Å². The number of aromatic nitrogens is 1. The molecule has 8 nitrogen and oxygen atoms in total. The normalized spacial score (nSPS) is 16.1. The van der Waals surface area contributed by atoms with Crippen LogP contribution in [-0.4, -0.2) is 45.7 Å². The second-order valence-electron chi connectivity index (χ2n) is 4.56. The first-order valence-corrected chi connectivity index (χ1v) is 8.08.